The van der Waals surface area contributed by atoms with Crippen molar-refractivity contribution in [1.82, 2.24) is 0 Å². The van der Waals surface area contributed by atoms with Crippen LogP contribution in [0.4, 0.5) is 12.9 Å². The predicted octanol–water partition coefficient (Wildman–Crippen LogP) is 5.94. The fourth-order valence-corrected chi connectivity index (χ4v) is 7.98. The molecule has 0 N–H and O–H groups in total. The summed E-state index contributed by atoms with van der Waals surface area (Å²) in [4.78, 5) is 0. The second-order valence-corrected chi connectivity index (χ2v) is 12.0. The molecule has 0 aromatic heterocycles. The summed E-state index contributed by atoms with van der Waals surface area (Å²) in [6.07, 6.45) is 4.49. The van der Waals surface area contributed by atoms with Crippen molar-refractivity contribution in [3.05, 3.63) is 0 Å². The van der Waals surface area contributed by atoms with Gasteiger partial charge in [0.1, 0.15) is 0 Å². The van der Waals surface area contributed by atoms with Crippen LogP contribution >= 0.6 is 0 Å². The van der Waals surface area contributed by atoms with Crippen molar-refractivity contribution in [2.24, 2.45) is 0 Å². The first kappa shape index (κ1) is 20.2. The van der Waals surface area contributed by atoms with Gasteiger partial charge in [-0.05, 0) is 18.1 Å². The molecule has 0 aliphatic carbocycles. The summed E-state index contributed by atoms with van der Waals surface area (Å²) in [5.41, 5.74) is 0. The lowest BCUT2D eigenvalue weighted by Crippen LogP contribution is -2.27. The van der Waals surface area contributed by atoms with Crippen LogP contribution < -0.4 is 0 Å². The zero-order valence-electron chi connectivity index (χ0n) is 13.4. The van der Waals surface area contributed by atoms with Gasteiger partial charge in [-0.3, -0.25) is 0 Å². The Bertz CT molecular complexity index is 207. The SMILES string of the molecule is CCC[Si](F)(CCC)CCCCCC[SiH2]CCC(F)F. The third-order valence-electron chi connectivity index (χ3n) is 3.94. The van der Waals surface area contributed by atoms with E-state index in [1.54, 1.807) is 0 Å². The summed E-state index contributed by atoms with van der Waals surface area (Å²) < 4.78 is 38.5. The molecule has 0 saturated heterocycles. The van der Waals surface area contributed by atoms with Crippen LogP contribution in [0, 0.1) is 0 Å². The van der Waals surface area contributed by atoms with Gasteiger partial charge in [0, 0.05) is 15.9 Å². The van der Waals surface area contributed by atoms with Gasteiger partial charge < -0.3 is 4.11 Å². The first-order chi connectivity index (χ1) is 9.54. The van der Waals surface area contributed by atoms with Crippen LogP contribution in [0.2, 0.25) is 30.2 Å². The monoisotopic (exact) mass is 326 g/mol. The average molecular weight is 327 g/mol. The van der Waals surface area contributed by atoms with E-state index in [0.717, 1.165) is 49.9 Å². The Balaban J connectivity index is 3.45. The molecule has 122 valence electrons. The maximum atomic E-state index is 14.6. The molecule has 0 heterocycles. The largest absolute Gasteiger partial charge is 0.314 e. The highest BCUT2D eigenvalue weighted by Crippen LogP contribution is 2.28. The summed E-state index contributed by atoms with van der Waals surface area (Å²) in [5.74, 6) is 0. The van der Waals surface area contributed by atoms with Crippen LogP contribution in [-0.2, 0) is 0 Å². The fraction of sp³-hybridized carbons (Fsp3) is 1.00. The Morgan fingerprint density at radius 3 is 2.00 bits per heavy atom. The molecule has 0 radical (unpaired) electrons. The van der Waals surface area contributed by atoms with E-state index in [0.29, 0.717) is 0 Å². The van der Waals surface area contributed by atoms with Crippen molar-refractivity contribution in [3.63, 3.8) is 0 Å². The van der Waals surface area contributed by atoms with Crippen LogP contribution in [0.15, 0.2) is 0 Å². The van der Waals surface area contributed by atoms with Crippen molar-refractivity contribution in [3.8, 4) is 0 Å². The molecule has 0 aromatic carbocycles. The maximum Gasteiger partial charge on any atom is 0.247 e. The van der Waals surface area contributed by atoms with Gasteiger partial charge in [-0.2, -0.15) is 0 Å². The van der Waals surface area contributed by atoms with Gasteiger partial charge in [-0.25, -0.2) is 8.78 Å². The van der Waals surface area contributed by atoms with E-state index in [1.807, 2.05) is 0 Å². The van der Waals surface area contributed by atoms with Crippen LogP contribution in [0.3, 0.4) is 0 Å². The molecule has 0 atom stereocenters. The zero-order valence-corrected chi connectivity index (χ0v) is 15.8. The summed E-state index contributed by atoms with van der Waals surface area (Å²) in [6.45, 7) is 4.17. The lowest BCUT2D eigenvalue weighted by molar-refractivity contribution is 0.144. The predicted molar refractivity (Wildman–Crippen MR) is 89.1 cm³/mol. The standard InChI is InChI=1S/C15H33F3Si2/c1-3-12-20(18,13-4-2)14-8-6-5-7-10-19-11-9-15(16)17/h15H,3-14,19H2,1-2H3. The van der Waals surface area contributed by atoms with Crippen LogP contribution in [-0.4, -0.2) is 24.4 Å². The fourth-order valence-electron chi connectivity index (χ4n) is 2.90. The summed E-state index contributed by atoms with van der Waals surface area (Å²) in [5, 5.41) is 0. The Morgan fingerprint density at radius 1 is 0.850 bits per heavy atom. The molecule has 20 heavy (non-hydrogen) atoms. The van der Waals surface area contributed by atoms with Gasteiger partial charge in [0.15, 0.2) is 0 Å². The van der Waals surface area contributed by atoms with E-state index in [9.17, 15) is 12.9 Å². The van der Waals surface area contributed by atoms with Crippen molar-refractivity contribution in [2.45, 2.75) is 95.4 Å². The molecule has 0 amide bonds. The third-order valence-corrected chi connectivity index (χ3v) is 9.89. The van der Waals surface area contributed by atoms with Gasteiger partial charge in [-0.15, -0.1) is 0 Å². The summed E-state index contributed by atoms with van der Waals surface area (Å²) in [7, 11) is -2.67. The Kier molecular flexibility index (Phi) is 13.1. The number of rotatable bonds is 14. The molecular formula is C15H33F3Si2. The van der Waals surface area contributed by atoms with Gasteiger partial charge in [0.2, 0.25) is 14.8 Å². The van der Waals surface area contributed by atoms with Gasteiger partial charge >= 0.3 is 0 Å². The Hall–Kier alpha value is 0.224. The molecule has 0 aliphatic rings. The Labute approximate surface area is 126 Å². The zero-order chi connectivity index (χ0) is 15.3. The van der Waals surface area contributed by atoms with E-state index < -0.39 is 14.8 Å². The average Bonchev–Trinajstić information content (AvgIpc) is 2.37. The van der Waals surface area contributed by atoms with Crippen LogP contribution in [0.25, 0.3) is 0 Å². The van der Waals surface area contributed by atoms with Crippen LogP contribution in [0.1, 0.15) is 58.8 Å². The van der Waals surface area contributed by atoms with E-state index >= 15 is 0 Å². The van der Waals surface area contributed by atoms with Gasteiger partial charge in [0.25, 0.3) is 0 Å². The summed E-state index contributed by atoms with van der Waals surface area (Å²) >= 11 is 0. The number of hydrogen-bond acceptors (Lipinski definition) is 0. The Morgan fingerprint density at radius 2 is 1.45 bits per heavy atom. The second-order valence-electron chi connectivity index (χ2n) is 6.06. The molecule has 0 fully saturated rings. The molecule has 5 heteroatoms. The number of hydrogen-bond donors (Lipinski definition) is 0. The van der Waals surface area contributed by atoms with Crippen molar-refractivity contribution < 1.29 is 12.9 Å². The first-order valence-corrected chi connectivity index (χ1v) is 13.0. The van der Waals surface area contributed by atoms with E-state index in [1.165, 1.54) is 18.9 Å². The number of alkyl halides is 2. The molecule has 0 nitrogen and oxygen atoms in total. The highest BCUT2D eigenvalue weighted by atomic mass is 28.4. The molecule has 0 saturated carbocycles. The minimum Gasteiger partial charge on any atom is -0.314 e. The molecule has 0 bridgehead atoms. The molecule has 0 rings (SSSR count). The minimum atomic E-state index is -2.42. The highest BCUT2D eigenvalue weighted by Gasteiger charge is 2.30. The van der Waals surface area contributed by atoms with E-state index in [-0.39, 0.29) is 15.9 Å². The smallest absolute Gasteiger partial charge is 0.247 e. The second kappa shape index (κ2) is 12.9. The van der Waals surface area contributed by atoms with Gasteiger partial charge in [-0.1, -0.05) is 64.5 Å². The van der Waals surface area contributed by atoms with E-state index in [2.05, 4.69) is 13.8 Å². The van der Waals surface area contributed by atoms with Gasteiger partial charge in [0.05, 0.1) is 0 Å². The lowest BCUT2D eigenvalue weighted by Gasteiger charge is -2.21. The topological polar surface area (TPSA) is 0 Å². The normalized spacial score (nSPS) is 12.9. The van der Waals surface area contributed by atoms with Crippen molar-refractivity contribution >= 4 is 17.9 Å². The minimum absolute atomic E-state index is 0.107. The highest BCUT2D eigenvalue weighted by molar-refractivity contribution is 6.73. The van der Waals surface area contributed by atoms with Crippen molar-refractivity contribution in [1.29, 1.82) is 0 Å². The summed E-state index contributed by atoms with van der Waals surface area (Å²) in [6, 6.07) is 4.49. The third kappa shape index (κ3) is 12.0. The number of unbranched alkanes of at least 4 members (excludes halogenated alkanes) is 3. The molecular weight excluding hydrogens is 293 g/mol. The van der Waals surface area contributed by atoms with E-state index in [4.69, 9.17) is 0 Å². The quantitative estimate of drug-likeness (QED) is 0.210. The van der Waals surface area contributed by atoms with Crippen molar-refractivity contribution in [2.75, 3.05) is 0 Å². The molecule has 0 unspecified atom stereocenters. The lowest BCUT2D eigenvalue weighted by atomic mass is 10.2. The maximum absolute atomic E-state index is 14.6. The number of halogens is 3. The molecule has 0 spiro atoms. The molecule has 0 aromatic rings. The molecule has 0 aliphatic heterocycles. The first-order valence-electron chi connectivity index (χ1n) is 8.51. The van der Waals surface area contributed by atoms with Crippen LogP contribution in [0.5, 0.6) is 0 Å².